The Morgan fingerprint density at radius 3 is 2.62 bits per heavy atom. The maximum absolute atomic E-state index is 12.2. The molecule has 0 radical (unpaired) electrons. The lowest BCUT2D eigenvalue weighted by molar-refractivity contribution is 0.0954. The second-order valence-electron chi connectivity index (χ2n) is 6.31. The fourth-order valence-electron chi connectivity index (χ4n) is 2.83. The van der Waals surface area contributed by atoms with E-state index in [1.165, 1.54) is 6.42 Å². The Labute approximate surface area is 157 Å². The van der Waals surface area contributed by atoms with Crippen LogP contribution in [0.5, 0.6) is 0 Å². The van der Waals surface area contributed by atoms with Crippen LogP contribution in [0.25, 0.3) is 0 Å². The van der Waals surface area contributed by atoms with Crippen molar-refractivity contribution in [1.29, 1.82) is 0 Å². The number of hydrazone groups is 1. The van der Waals surface area contributed by atoms with E-state index in [9.17, 15) is 13.2 Å². The number of amides is 1. The van der Waals surface area contributed by atoms with E-state index >= 15 is 0 Å². The van der Waals surface area contributed by atoms with Crippen molar-refractivity contribution in [3.63, 3.8) is 0 Å². The maximum atomic E-state index is 12.2. The zero-order chi connectivity index (χ0) is 18.6. The van der Waals surface area contributed by atoms with Crippen LogP contribution in [-0.2, 0) is 10.0 Å². The van der Waals surface area contributed by atoms with Crippen molar-refractivity contribution >= 4 is 38.7 Å². The number of carbonyl (C=O) groups excluding carboxylic acids is 1. The van der Waals surface area contributed by atoms with E-state index in [1.54, 1.807) is 41.8 Å². The number of nitrogens with one attached hydrogen (secondary N) is 2. The molecular formula is C18H21N3O3S2. The number of sulfonamides is 1. The van der Waals surface area contributed by atoms with Crippen LogP contribution in [-0.4, -0.2) is 20.0 Å². The molecule has 1 saturated carbocycles. The van der Waals surface area contributed by atoms with Crippen LogP contribution in [0.4, 0.5) is 5.69 Å². The first-order valence-electron chi connectivity index (χ1n) is 8.49. The summed E-state index contributed by atoms with van der Waals surface area (Å²) in [5.41, 5.74) is 4.47. The standard InChI is InChI=1S/C18H21N3O3S2/c1-13-5-2-3-6-16(13)19-20-18(22)14-8-10-15(11-9-14)21-26(23,24)17-7-4-12-25-17/h4,7-13,21H,2-3,5-6H2,1H3,(H,20,22). The van der Waals surface area contributed by atoms with Gasteiger partial charge in [-0.15, -0.1) is 11.3 Å². The summed E-state index contributed by atoms with van der Waals surface area (Å²) in [4.78, 5) is 12.2. The second-order valence-corrected chi connectivity index (χ2v) is 9.16. The lowest BCUT2D eigenvalue weighted by Gasteiger charge is -2.19. The van der Waals surface area contributed by atoms with Gasteiger partial charge in [0.2, 0.25) is 0 Å². The van der Waals surface area contributed by atoms with Crippen LogP contribution in [0.1, 0.15) is 43.0 Å². The molecule has 0 spiro atoms. The zero-order valence-corrected chi connectivity index (χ0v) is 16.1. The molecule has 1 heterocycles. The quantitative estimate of drug-likeness (QED) is 0.759. The minimum atomic E-state index is -3.59. The Balaban J connectivity index is 1.64. The van der Waals surface area contributed by atoms with Gasteiger partial charge in [-0.25, -0.2) is 13.8 Å². The molecule has 1 aliphatic rings. The molecule has 1 amide bonds. The van der Waals surface area contributed by atoms with E-state index in [1.807, 2.05) is 0 Å². The third-order valence-electron chi connectivity index (χ3n) is 4.35. The number of anilines is 1. The van der Waals surface area contributed by atoms with Crippen molar-refractivity contribution in [1.82, 2.24) is 5.43 Å². The Hall–Kier alpha value is -2.19. The number of rotatable bonds is 5. The summed E-state index contributed by atoms with van der Waals surface area (Å²) in [6, 6.07) is 9.51. The van der Waals surface area contributed by atoms with Crippen molar-refractivity contribution in [3.8, 4) is 0 Å². The molecule has 1 aromatic carbocycles. The van der Waals surface area contributed by atoms with Crippen molar-refractivity contribution in [2.24, 2.45) is 11.0 Å². The van der Waals surface area contributed by atoms with Crippen molar-refractivity contribution in [3.05, 3.63) is 47.3 Å². The second kappa shape index (κ2) is 8.01. The highest BCUT2D eigenvalue weighted by Crippen LogP contribution is 2.21. The summed E-state index contributed by atoms with van der Waals surface area (Å²) in [5, 5.41) is 5.97. The van der Waals surface area contributed by atoms with Gasteiger partial charge in [0.25, 0.3) is 15.9 Å². The molecule has 26 heavy (non-hydrogen) atoms. The van der Waals surface area contributed by atoms with Crippen molar-refractivity contribution < 1.29 is 13.2 Å². The molecule has 3 rings (SSSR count). The topological polar surface area (TPSA) is 87.6 Å². The number of hydrogen-bond donors (Lipinski definition) is 2. The van der Waals surface area contributed by atoms with Crippen LogP contribution in [0.2, 0.25) is 0 Å². The molecular weight excluding hydrogens is 370 g/mol. The molecule has 1 atom stereocenters. The van der Waals surface area contributed by atoms with Crippen LogP contribution in [0.3, 0.4) is 0 Å². The summed E-state index contributed by atoms with van der Waals surface area (Å²) < 4.78 is 27.1. The molecule has 2 N–H and O–H groups in total. The van der Waals surface area contributed by atoms with Gasteiger partial charge in [0, 0.05) is 17.0 Å². The fourth-order valence-corrected chi connectivity index (χ4v) is 4.89. The fraction of sp³-hybridized carbons (Fsp3) is 0.333. The van der Waals surface area contributed by atoms with E-state index in [2.05, 4.69) is 22.2 Å². The molecule has 1 aromatic heterocycles. The summed E-state index contributed by atoms with van der Waals surface area (Å²) in [5.74, 6) is 0.0982. The van der Waals surface area contributed by atoms with E-state index in [0.29, 0.717) is 17.2 Å². The van der Waals surface area contributed by atoms with Crippen LogP contribution in [0.15, 0.2) is 51.1 Å². The molecule has 0 bridgehead atoms. The predicted molar refractivity (Wildman–Crippen MR) is 104 cm³/mol. The maximum Gasteiger partial charge on any atom is 0.271 e. The van der Waals surface area contributed by atoms with Crippen LogP contribution >= 0.6 is 11.3 Å². The molecule has 1 aliphatic carbocycles. The first kappa shape index (κ1) is 18.6. The highest BCUT2D eigenvalue weighted by Gasteiger charge is 2.17. The molecule has 8 heteroatoms. The van der Waals surface area contributed by atoms with E-state index in [0.717, 1.165) is 36.3 Å². The average molecular weight is 392 g/mol. The Bertz CT molecular complexity index is 888. The van der Waals surface area contributed by atoms with Gasteiger partial charge >= 0.3 is 0 Å². The van der Waals surface area contributed by atoms with Gasteiger partial charge in [-0.3, -0.25) is 9.52 Å². The van der Waals surface area contributed by atoms with E-state index < -0.39 is 10.0 Å². The number of benzene rings is 1. The molecule has 2 aromatic rings. The Morgan fingerprint density at radius 2 is 1.96 bits per heavy atom. The first-order chi connectivity index (χ1) is 12.5. The normalized spacial score (nSPS) is 19.3. The van der Waals surface area contributed by atoms with E-state index in [4.69, 9.17) is 0 Å². The van der Waals surface area contributed by atoms with Crippen molar-refractivity contribution in [2.75, 3.05) is 4.72 Å². The Kier molecular flexibility index (Phi) is 5.73. The third-order valence-corrected chi connectivity index (χ3v) is 7.13. The number of carbonyl (C=O) groups is 1. The van der Waals surface area contributed by atoms with Gasteiger partial charge in [0.05, 0.1) is 0 Å². The summed E-state index contributed by atoms with van der Waals surface area (Å²) in [6.07, 6.45) is 4.34. The van der Waals surface area contributed by atoms with Crippen molar-refractivity contribution in [2.45, 2.75) is 36.8 Å². The smallest absolute Gasteiger partial charge is 0.271 e. The molecule has 0 saturated heterocycles. The van der Waals surface area contributed by atoms with Crippen LogP contribution in [0, 0.1) is 5.92 Å². The summed E-state index contributed by atoms with van der Waals surface area (Å²) in [6.45, 7) is 2.12. The van der Waals surface area contributed by atoms with Gasteiger partial charge in [-0.2, -0.15) is 5.10 Å². The largest absolute Gasteiger partial charge is 0.279 e. The number of nitrogens with zero attached hydrogens (tertiary/aromatic N) is 1. The monoisotopic (exact) mass is 391 g/mol. The lowest BCUT2D eigenvalue weighted by atomic mass is 9.89. The number of thiophene rings is 1. The zero-order valence-electron chi connectivity index (χ0n) is 14.4. The van der Waals surface area contributed by atoms with Gasteiger partial charge in [0.1, 0.15) is 4.21 Å². The molecule has 138 valence electrons. The molecule has 1 unspecified atom stereocenters. The Morgan fingerprint density at radius 1 is 1.19 bits per heavy atom. The summed E-state index contributed by atoms with van der Waals surface area (Å²) in [7, 11) is -3.59. The summed E-state index contributed by atoms with van der Waals surface area (Å²) >= 11 is 1.15. The average Bonchev–Trinajstić information content (AvgIpc) is 3.17. The predicted octanol–water partition coefficient (Wildman–Crippen LogP) is 3.84. The van der Waals surface area contributed by atoms with Gasteiger partial charge < -0.3 is 0 Å². The molecule has 1 fully saturated rings. The number of hydrogen-bond acceptors (Lipinski definition) is 5. The SMILES string of the molecule is CC1CCCCC1=NNC(=O)c1ccc(NS(=O)(=O)c2cccs2)cc1. The minimum absolute atomic E-state index is 0.247. The van der Waals surface area contributed by atoms with Gasteiger partial charge in [-0.1, -0.05) is 19.4 Å². The van der Waals surface area contributed by atoms with Gasteiger partial charge in [0.15, 0.2) is 0 Å². The highest BCUT2D eigenvalue weighted by atomic mass is 32.2. The van der Waals surface area contributed by atoms with E-state index in [-0.39, 0.29) is 10.1 Å². The highest BCUT2D eigenvalue weighted by molar-refractivity contribution is 7.94. The molecule has 6 nitrogen and oxygen atoms in total. The first-order valence-corrected chi connectivity index (χ1v) is 10.9. The third kappa shape index (κ3) is 4.50. The minimum Gasteiger partial charge on any atom is -0.279 e. The van der Waals surface area contributed by atoms with Gasteiger partial charge in [-0.05, 0) is 60.9 Å². The molecule has 0 aliphatic heterocycles. The van der Waals surface area contributed by atoms with Crippen LogP contribution < -0.4 is 10.1 Å². The lowest BCUT2D eigenvalue weighted by Crippen LogP contribution is -2.24.